The molecule has 0 spiro atoms. The van der Waals surface area contributed by atoms with E-state index in [2.05, 4.69) is 6.07 Å². The fourth-order valence-electron chi connectivity index (χ4n) is 2.47. The quantitative estimate of drug-likeness (QED) is 0.780. The molecule has 1 fully saturated rings. The van der Waals surface area contributed by atoms with E-state index in [0.717, 1.165) is 22.6 Å². The maximum absolute atomic E-state index is 8.95. The van der Waals surface area contributed by atoms with E-state index in [4.69, 9.17) is 19.5 Å². The molecule has 2 aliphatic rings. The Morgan fingerprint density at radius 3 is 2.59 bits per heavy atom. The van der Waals surface area contributed by atoms with Crippen molar-refractivity contribution < 1.29 is 14.2 Å². The van der Waals surface area contributed by atoms with Gasteiger partial charge in [0.15, 0.2) is 11.5 Å². The first-order chi connectivity index (χ1) is 8.25. The summed E-state index contributed by atoms with van der Waals surface area (Å²) in [6.07, 6.45) is 0.480. The Hall–Kier alpha value is -1.73. The molecular weight excluding hydrogens is 218 g/mol. The van der Waals surface area contributed by atoms with E-state index in [9.17, 15) is 0 Å². The van der Waals surface area contributed by atoms with Crippen molar-refractivity contribution in [3.05, 3.63) is 23.3 Å². The van der Waals surface area contributed by atoms with Crippen LogP contribution in [0.15, 0.2) is 12.1 Å². The number of aryl methyl sites for hydroxylation is 1. The first-order valence-electron chi connectivity index (χ1n) is 5.61. The second-order valence-corrected chi connectivity index (χ2v) is 4.63. The molecule has 0 unspecified atom stereocenters. The number of fused-ring (bicyclic) bond motifs is 1. The zero-order valence-corrected chi connectivity index (χ0v) is 9.66. The fourth-order valence-corrected chi connectivity index (χ4v) is 2.47. The minimum atomic E-state index is -0.153. The lowest BCUT2D eigenvalue weighted by Crippen LogP contribution is -2.46. The van der Waals surface area contributed by atoms with Crippen LogP contribution in [0.1, 0.15) is 17.5 Å². The standard InChI is InChI=1S/C13H13NO3/c1-9-4-11-12(17-8-16-11)5-10(9)13(2-3-14)6-15-7-13/h4-5H,2,6-8H2,1H3. The van der Waals surface area contributed by atoms with Crippen LogP contribution in [-0.2, 0) is 10.2 Å². The Morgan fingerprint density at radius 2 is 2.00 bits per heavy atom. The summed E-state index contributed by atoms with van der Waals surface area (Å²) < 4.78 is 16.0. The third-order valence-corrected chi connectivity index (χ3v) is 3.47. The van der Waals surface area contributed by atoms with Crippen molar-refractivity contribution in [2.45, 2.75) is 18.8 Å². The molecule has 0 N–H and O–H groups in total. The van der Waals surface area contributed by atoms with Crippen LogP contribution in [0.2, 0.25) is 0 Å². The second kappa shape index (κ2) is 3.64. The number of rotatable bonds is 2. The molecule has 3 rings (SSSR count). The summed E-state index contributed by atoms with van der Waals surface area (Å²) in [6.45, 7) is 3.54. The van der Waals surface area contributed by atoms with Crippen molar-refractivity contribution in [1.82, 2.24) is 0 Å². The highest BCUT2D eigenvalue weighted by Crippen LogP contribution is 2.43. The van der Waals surface area contributed by atoms with Crippen LogP contribution in [0, 0.1) is 18.3 Å². The van der Waals surface area contributed by atoms with E-state index >= 15 is 0 Å². The van der Waals surface area contributed by atoms with Crippen molar-refractivity contribution in [2.75, 3.05) is 20.0 Å². The molecule has 4 heteroatoms. The minimum Gasteiger partial charge on any atom is -0.454 e. The number of hydrogen-bond donors (Lipinski definition) is 0. The Labute approximate surface area is 99.7 Å². The van der Waals surface area contributed by atoms with Crippen LogP contribution in [0.4, 0.5) is 0 Å². The van der Waals surface area contributed by atoms with Gasteiger partial charge in [0, 0.05) is 6.42 Å². The van der Waals surface area contributed by atoms with E-state index in [1.54, 1.807) is 0 Å². The predicted octanol–water partition coefficient (Wildman–Crippen LogP) is 1.91. The SMILES string of the molecule is Cc1cc2c(cc1C1(CC#N)COC1)OCO2. The molecule has 0 radical (unpaired) electrons. The zero-order valence-electron chi connectivity index (χ0n) is 9.66. The largest absolute Gasteiger partial charge is 0.454 e. The van der Waals surface area contributed by atoms with Crippen LogP contribution in [0.25, 0.3) is 0 Å². The van der Waals surface area contributed by atoms with Gasteiger partial charge in [0.05, 0.1) is 24.7 Å². The molecule has 0 aromatic heterocycles. The van der Waals surface area contributed by atoms with Gasteiger partial charge in [0.25, 0.3) is 0 Å². The predicted molar refractivity (Wildman–Crippen MR) is 60.0 cm³/mol. The number of hydrogen-bond acceptors (Lipinski definition) is 4. The highest BCUT2D eigenvalue weighted by molar-refractivity contribution is 5.51. The van der Waals surface area contributed by atoms with Gasteiger partial charge in [-0.15, -0.1) is 0 Å². The highest BCUT2D eigenvalue weighted by atomic mass is 16.7. The van der Waals surface area contributed by atoms with Crippen molar-refractivity contribution in [1.29, 1.82) is 5.26 Å². The lowest BCUT2D eigenvalue weighted by atomic mass is 9.74. The summed E-state index contributed by atoms with van der Waals surface area (Å²) in [5.74, 6) is 1.56. The summed E-state index contributed by atoms with van der Waals surface area (Å²) in [5.41, 5.74) is 2.13. The molecule has 1 aromatic rings. The Morgan fingerprint density at radius 1 is 1.29 bits per heavy atom. The van der Waals surface area contributed by atoms with Crippen molar-refractivity contribution in [3.8, 4) is 17.6 Å². The van der Waals surface area contributed by atoms with Gasteiger partial charge in [-0.05, 0) is 30.2 Å². The van der Waals surface area contributed by atoms with Gasteiger partial charge in [-0.3, -0.25) is 0 Å². The van der Waals surface area contributed by atoms with Gasteiger partial charge in [-0.25, -0.2) is 0 Å². The van der Waals surface area contributed by atoms with Crippen LogP contribution in [0.5, 0.6) is 11.5 Å². The first-order valence-corrected chi connectivity index (χ1v) is 5.61. The smallest absolute Gasteiger partial charge is 0.231 e. The van der Waals surface area contributed by atoms with Crippen LogP contribution in [-0.4, -0.2) is 20.0 Å². The van der Waals surface area contributed by atoms with Gasteiger partial charge in [0.1, 0.15) is 0 Å². The van der Waals surface area contributed by atoms with E-state index in [0.29, 0.717) is 19.6 Å². The molecular formula is C13H13NO3. The van der Waals surface area contributed by atoms with Crippen molar-refractivity contribution in [2.24, 2.45) is 0 Å². The zero-order chi connectivity index (χ0) is 11.9. The number of nitrogens with zero attached hydrogens (tertiary/aromatic N) is 1. The summed E-state index contributed by atoms with van der Waals surface area (Å²) in [5, 5.41) is 8.95. The molecule has 0 amide bonds. The molecule has 2 aliphatic heterocycles. The first kappa shape index (κ1) is 10.4. The molecule has 0 bridgehead atoms. The van der Waals surface area contributed by atoms with E-state index < -0.39 is 0 Å². The number of ether oxygens (including phenoxy) is 3. The van der Waals surface area contributed by atoms with Crippen LogP contribution < -0.4 is 9.47 Å². The van der Waals surface area contributed by atoms with Gasteiger partial charge in [-0.2, -0.15) is 5.26 Å². The van der Waals surface area contributed by atoms with Crippen molar-refractivity contribution in [3.63, 3.8) is 0 Å². The van der Waals surface area contributed by atoms with Gasteiger partial charge in [-0.1, -0.05) is 0 Å². The Balaban J connectivity index is 2.05. The van der Waals surface area contributed by atoms with E-state index in [1.165, 1.54) is 0 Å². The van der Waals surface area contributed by atoms with E-state index in [1.807, 2.05) is 19.1 Å². The molecule has 0 saturated carbocycles. The highest BCUT2D eigenvalue weighted by Gasteiger charge is 2.42. The Kier molecular flexibility index (Phi) is 2.23. The van der Waals surface area contributed by atoms with Gasteiger partial charge < -0.3 is 14.2 Å². The Bertz CT molecular complexity index is 500. The minimum absolute atomic E-state index is 0.153. The number of nitriles is 1. The molecule has 88 valence electrons. The molecule has 4 nitrogen and oxygen atoms in total. The monoisotopic (exact) mass is 231 g/mol. The van der Waals surface area contributed by atoms with Gasteiger partial charge in [0.2, 0.25) is 6.79 Å². The maximum Gasteiger partial charge on any atom is 0.231 e. The summed E-state index contributed by atoms with van der Waals surface area (Å²) in [4.78, 5) is 0. The third-order valence-electron chi connectivity index (χ3n) is 3.47. The summed E-state index contributed by atoms with van der Waals surface area (Å²) in [7, 11) is 0. The van der Waals surface area contributed by atoms with Crippen molar-refractivity contribution >= 4 is 0 Å². The van der Waals surface area contributed by atoms with Gasteiger partial charge >= 0.3 is 0 Å². The third kappa shape index (κ3) is 1.47. The average molecular weight is 231 g/mol. The molecule has 2 heterocycles. The molecule has 0 atom stereocenters. The summed E-state index contributed by atoms with van der Waals surface area (Å²) >= 11 is 0. The lowest BCUT2D eigenvalue weighted by Gasteiger charge is -2.41. The molecule has 1 aromatic carbocycles. The van der Waals surface area contributed by atoms with Crippen LogP contribution >= 0.6 is 0 Å². The molecule has 1 saturated heterocycles. The summed E-state index contributed by atoms with van der Waals surface area (Å²) in [6, 6.07) is 6.23. The average Bonchev–Trinajstić information content (AvgIpc) is 2.69. The second-order valence-electron chi connectivity index (χ2n) is 4.63. The molecule has 17 heavy (non-hydrogen) atoms. The lowest BCUT2D eigenvalue weighted by molar-refractivity contribution is -0.0580. The number of benzene rings is 1. The normalized spacial score (nSPS) is 19.5. The van der Waals surface area contributed by atoms with E-state index in [-0.39, 0.29) is 12.2 Å². The maximum atomic E-state index is 8.95. The molecule has 0 aliphatic carbocycles. The van der Waals surface area contributed by atoms with Crippen LogP contribution in [0.3, 0.4) is 0 Å². The fraction of sp³-hybridized carbons (Fsp3) is 0.462. The topological polar surface area (TPSA) is 51.5 Å².